The van der Waals surface area contributed by atoms with E-state index in [1.165, 1.54) is 19.3 Å². The molecule has 36 heavy (non-hydrogen) atoms. The van der Waals surface area contributed by atoms with E-state index in [1.54, 1.807) is 53.1 Å². The van der Waals surface area contributed by atoms with E-state index in [0.717, 1.165) is 19.3 Å². The highest BCUT2D eigenvalue weighted by atomic mass is 16.5. The number of amides is 3. The largest absolute Gasteiger partial charge is 0.454 e. The minimum atomic E-state index is -0.666. The van der Waals surface area contributed by atoms with E-state index in [1.807, 2.05) is 0 Å². The summed E-state index contributed by atoms with van der Waals surface area (Å²) in [5.74, 6) is 0.724. The van der Waals surface area contributed by atoms with Gasteiger partial charge in [0.25, 0.3) is 5.91 Å². The van der Waals surface area contributed by atoms with Crippen molar-refractivity contribution in [1.29, 1.82) is 0 Å². The molecule has 1 aromatic heterocycles. The molecule has 0 radical (unpaired) electrons. The number of benzene rings is 2. The van der Waals surface area contributed by atoms with E-state index in [0.29, 0.717) is 39.6 Å². The second-order valence-corrected chi connectivity index (χ2v) is 10.8. The van der Waals surface area contributed by atoms with Crippen molar-refractivity contribution in [2.24, 2.45) is 17.8 Å². The van der Waals surface area contributed by atoms with Crippen LogP contribution in [0.5, 0.6) is 0 Å². The maximum absolute atomic E-state index is 12.9. The van der Waals surface area contributed by atoms with Crippen LogP contribution >= 0.6 is 0 Å². The molecule has 8 nitrogen and oxygen atoms in total. The zero-order valence-electron chi connectivity index (χ0n) is 20.0. The number of carbonyl (C=O) groups excluding carboxylic acids is 3. The Morgan fingerprint density at radius 1 is 0.861 bits per heavy atom. The number of esters is 1. The number of urea groups is 1. The molecule has 2 N–H and O–H groups in total. The summed E-state index contributed by atoms with van der Waals surface area (Å²) >= 11 is 0. The predicted molar refractivity (Wildman–Crippen MR) is 134 cm³/mol. The zero-order chi connectivity index (χ0) is 24.9. The van der Waals surface area contributed by atoms with Gasteiger partial charge in [-0.05, 0) is 80.5 Å². The van der Waals surface area contributed by atoms with Gasteiger partial charge in [0.1, 0.15) is 6.54 Å². The number of para-hydroxylation sites is 2. The van der Waals surface area contributed by atoms with Gasteiger partial charge in [-0.25, -0.2) is 4.79 Å². The zero-order valence-corrected chi connectivity index (χ0v) is 20.0. The molecule has 4 aliphatic carbocycles. The van der Waals surface area contributed by atoms with Gasteiger partial charge in [0, 0.05) is 16.3 Å². The summed E-state index contributed by atoms with van der Waals surface area (Å²) in [5.41, 5.74) is 0.910. The normalized spacial score (nSPS) is 26.2. The van der Waals surface area contributed by atoms with Crippen molar-refractivity contribution in [3.05, 3.63) is 58.8 Å². The summed E-state index contributed by atoms with van der Waals surface area (Å²) < 4.78 is 6.91. The van der Waals surface area contributed by atoms with Crippen LogP contribution in [0.3, 0.4) is 0 Å². The van der Waals surface area contributed by atoms with Crippen LogP contribution < -0.4 is 16.1 Å². The van der Waals surface area contributed by atoms with Crippen molar-refractivity contribution >= 4 is 39.7 Å². The topological polar surface area (TPSA) is 106 Å². The lowest BCUT2D eigenvalue weighted by Crippen LogP contribution is -2.62. The SMILES string of the molecule is O=C(COC(=O)Cn1c2ccccc2c(=O)c2ccccc21)NC(=O)NC12CC3CC(CC(C3)C1)C2. The van der Waals surface area contributed by atoms with Crippen LogP contribution in [0.2, 0.25) is 0 Å². The first kappa shape index (κ1) is 22.8. The molecule has 186 valence electrons. The molecule has 3 amide bonds. The summed E-state index contributed by atoms with van der Waals surface area (Å²) in [6.45, 7) is -0.725. The minimum Gasteiger partial charge on any atom is -0.454 e. The average Bonchev–Trinajstić information content (AvgIpc) is 2.84. The van der Waals surface area contributed by atoms with E-state index in [2.05, 4.69) is 10.6 Å². The molecule has 0 spiro atoms. The third kappa shape index (κ3) is 4.14. The van der Waals surface area contributed by atoms with E-state index < -0.39 is 24.5 Å². The fourth-order valence-electron chi connectivity index (χ4n) is 7.27. The average molecular weight is 488 g/mol. The molecule has 2 aromatic carbocycles. The molecule has 4 saturated carbocycles. The number of carbonyl (C=O) groups is 3. The first-order valence-corrected chi connectivity index (χ1v) is 12.7. The molecule has 4 aliphatic rings. The fraction of sp³-hybridized carbons (Fsp3) is 0.429. The number of aromatic nitrogens is 1. The summed E-state index contributed by atoms with van der Waals surface area (Å²) in [4.78, 5) is 50.5. The van der Waals surface area contributed by atoms with Crippen molar-refractivity contribution in [3.8, 4) is 0 Å². The Hall–Kier alpha value is -3.68. The van der Waals surface area contributed by atoms with Crippen molar-refractivity contribution in [1.82, 2.24) is 15.2 Å². The molecule has 4 bridgehead atoms. The number of hydrogen-bond donors (Lipinski definition) is 2. The molecule has 0 aliphatic heterocycles. The van der Waals surface area contributed by atoms with Gasteiger partial charge >= 0.3 is 12.0 Å². The number of nitrogens with one attached hydrogen (secondary N) is 2. The number of pyridine rings is 1. The number of rotatable bonds is 5. The van der Waals surface area contributed by atoms with Crippen LogP contribution in [0.4, 0.5) is 4.79 Å². The van der Waals surface area contributed by atoms with Gasteiger partial charge in [-0.2, -0.15) is 0 Å². The highest BCUT2D eigenvalue weighted by molar-refractivity contribution is 5.96. The Kier molecular flexibility index (Phi) is 5.54. The van der Waals surface area contributed by atoms with E-state index >= 15 is 0 Å². The number of nitrogens with zero attached hydrogens (tertiary/aromatic N) is 1. The van der Waals surface area contributed by atoms with Crippen molar-refractivity contribution in [2.75, 3.05) is 6.61 Å². The van der Waals surface area contributed by atoms with Gasteiger partial charge in [-0.15, -0.1) is 0 Å². The van der Waals surface area contributed by atoms with Gasteiger partial charge in [0.15, 0.2) is 12.0 Å². The first-order chi connectivity index (χ1) is 17.4. The third-order valence-corrected chi connectivity index (χ3v) is 8.20. The summed E-state index contributed by atoms with van der Waals surface area (Å²) in [6.07, 6.45) is 6.73. The number of imide groups is 1. The Morgan fingerprint density at radius 2 is 1.39 bits per heavy atom. The lowest BCUT2D eigenvalue weighted by molar-refractivity contribution is -0.148. The number of ether oxygens (including phenoxy) is 1. The van der Waals surface area contributed by atoms with Gasteiger partial charge in [0.2, 0.25) is 0 Å². The smallest absolute Gasteiger partial charge is 0.326 e. The second-order valence-electron chi connectivity index (χ2n) is 10.8. The first-order valence-electron chi connectivity index (χ1n) is 12.7. The van der Waals surface area contributed by atoms with Crippen LogP contribution in [0.1, 0.15) is 38.5 Å². The van der Waals surface area contributed by atoms with Gasteiger partial charge in [-0.1, -0.05) is 24.3 Å². The molecule has 4 fully saturated rings. The molecule has 0 unspecified atom stereocenters. The van der Waals surface area contributed by atoms with Crippen LogP contribution in [-0.2, 0) is 20.9 Å². The van der Waals surface area contributed by atoms with Crippen LogP contribution in [0, 0.1) is 17.8 Å². The fourth-order valence-corrected chi connectivity index (χ4v) is 7.27. The molecule has 1 heterocycles. The molecule has 3 aromatic rings. The predicted octanol–water partition coefficient (Wildman–Crippen LogP) is 3.49. The van der Waals surface area contributed by atoms with Crippen molar-refractivity contribution in [2.45, 2.75) is 50.6 Å². The lowest BCUT2D eigenvalue weighted by Gasteiger charge is -2.56. The summed E-state index contributed by atoms with van der Waals surface area (Å²) in [5, 5.41) is 6.42. The Morgan fingerprint density at radius 3 is 1.94 bits per heavy atom. The molecular formula is C28H29N3O5. The molecule has 0 saturated heterocycles. The monoisotopic (exact) mass is 487 g/mol. The van der Waals surface area contributed by atoms with Crippen molar-refractivity contribution in [3.63, 3.8) is 0 Å². The van der Waals surface area contributed by atoms with Crippen LogP contribution in [0.25, 0.3) is 21.8 Å². The van der Waals surface area contributed by atoms with E-state index in [-0.39, 0.29) is 17.5 Å². The van der Waals surface area contributed by atoms with Crippen LogP contribution in [-0.4, -0.2) is 34.6 Å². The summed E-state index contributed by atoms with van der Waals surface area (Å²) in [7, 11) is 0. The van der Waals surface area contributed by atoms with Gasteiger partial charge < -0.3 is 14.6 Å². The Bertz CT molecular complexity index is 1350. The highest BCUT2D eigenvalue weighted by Gasteiger charge is 2.51. The lowest BCUT2D eigenvalue weighted by atomic mass is 9.53. The van der Waals surface area contributed by atoms with Crippen LogP contribution in [0.15, 0.2) is 53.3 Å². The third-order valence-electron chi connectivity index (χ3n) is 8.20. The van der Waals surface area contributed by atoms with Gasteiger partial charge in [0.05, 0.1) is 11.0 Å². The number of fused-ring (bicyclic) bond motifs is 2. The molecule has 8 heteroatoms. The van der Waals surface area contributed by atoms with Crippen molar-refractivity contribution < 1.29 is 19.1 Å². The molecule has 7 rings (SSSR count). The second kappa shape index (κ2) is 8.76. The van der Waals surface area contributed by atoms with E-state index in [4.69, 9.17) is 4.74 Å². The maximum atomic E-state index is 12.9. The highest BCUT2D eigenvalue weighted by Crippen LogP contribution is 2.55. The minimum absolute atomic E-state index is 0.102. The standard InChI is InChI=1S/C28H29N3O5/c32-24(29-27(35)30-28-12-17-9-18(13-28)11-19(10-17)14-28)16-36-25(33)15-31-22-7-3-1-5-20(22)26(34)21-6-2-4-8-23(21)31/h1-8,17-19H,9-16H2,(H2,29,30,32,35). The Balaban J connectivity index is 1.09. The van der Waals surface area contributed by atoms with E-state index in [9.17, 15) is 19.2 Å². The molecular weight excluding hydrogens is 458 g/mol. The molecule has 0 atom stereocenters. The Labute approximate surface area is 208 Å². The summed E-state index contributed by atoms with van der Waals surface area (Å²) in [6, 6.07) is 13.6. The maximum Gasteiger partial charge on any atom is 0.326 e. The van der Waals surface area contributed by atoms with Gasteiger partial charge in [-0.3, -0.25) is 19.7 Å². The number of hydrogen-bond acceptors (Lipinski definition) is 5. The quantitative estimate of drug-likeness (QED) is 0.423.